The molecule has 0 aliphatic carbocycles. The fourth-order valence-electron chi connectivity index (χ4n) is 2.71. The van der Waals surface area contributed by atoms with E-state index in [0.29, 0.717) is 19.6 Å². The molecule has 1 fully saturated rings. The summed E-state index contributed by atoms with van der Waals surface area (Å²) in [6, 6.07) is 9.74. The normalized spacial score (nSPS) is 19.4. The van der Waals surface area contributed by atoms with Crippen molar-refractivity contribution in [2.24, 2.45) is 0 Å². The second-order valence-electron chi connectivity index (χ2n) is 7.87. The highest BCUT2D eigenvalue weighted by molar-refractivity contribution is 5.80. The average molecular weight is 408 g/mol. The number of benzene rings is 1. The van der Waals surface area contributed by atoms with Gasteiger partial charge in [-0.1, -0.05) is 30.3 Å². The Labute approximate surface area is 171 Å². The van der Waals surface area contributed by atoms with Crippen LogP contribution in [-0.4, -0.2) is 49.4 Å². The number of amides is 2. The maximum atomic E-state index is 12.1. The van der Waals surface area contributed by atoms with Crippen molar-refractivity contribution in [3.05, 3.63) is 35.9 Å². The molecule has 1 unspecified atom stereocenters. The number of hydrogen-bond donors (Lipinski definition) is 4. The number of nitrogens with one attached hydrogen (secondary N) is 4. The second kappa shape index (κ2) is 11.7. The zero-order valence-corrected chi connectivity index (χ0v) is 17.3. The molecule has 1 aliphatic heterocycles. The Morgan fingerprint density at radius 1 is 1.14 bits per heavy atom. The van der Waals surface area contributed by atoms with E-state index in [1.165, 1.54) is 0 Å². The third-order valence-electron chi connectivity index (χ3n) is 4.11. The van der Waals surface area contributed by atoms with Crippen LogP contribution in [0.3, 0.4) is 0 Å². The van der Waals surface area contributed by atoms with Gasteiger partial charge in [0, 0.05) is 19.1 Å². The number of carbonyl (C=O) groups excluding carboxylic acids is 2. The Morgan fingerprint density at radius 2 is 1.90 bits per heavy atom. The van der Waals surface area contributed by atoms with Gasteiger partial charge < -0.3 is 15.4 Å². The summed E-state index contributed by atoms with van der Waals surface area (Å²) >= 11 is 0. The molecule has 1 heterocycles. The average Bonchev–Trinajstić information content (AvgIpc) is 2.67. The number of rotatable bonds is 9. The van der Waals surface area contributed by atoms with Crippen LogP contribution in [0.15, 0.2) is 30.3 Å². The molecule has 4 N–H and O–H groups in total. The van der Waals surface area contributed by atoms with Gasteiger partial charge in [0.2, 0.25) is 0 Å². The number of hydroxylamine groups is 2. The van der Waals surface area contributed by atoms with Gasteiger partial charge in [0.1, 0.15) is 5.60 Å². The molecule has 1 saturated heterocycles. The van der Waals surface area contributed by atoms with Crippen molar-refractivity contribution in [3.63, 3.8) is 0 Å². The molecule has 2 rings (SSSR count). The number of alkyl carbamates (subject to hydrolysis) is 1. The van der Waals surface area contributed by atoms with Crippen LogP contribution in [0.5, 0.6) is 0 Å². The molecule has 0 aromatic heterocycles. The molecule has 1 aromatic rings. The Bertz CT molecular complexity index is 628. The molecule has 9 heteroatoms. The van der Waals surface area contributed by atoms with Crippen LogP contribution in [0, 0.1) is 0 Å². The van der Waals surface area contributed by atoms with Gasteiger partial charge in [-0.15, -0.1) is 0 Å². The Hall–Kier alpha value is -2.20. The summed E-state index contributed by atoms with van der Waals surface area (Å²) in [5.74, 6) is -0.231. The van der Waals surface area contributed by atoms with Crippen molar-refractivity contribution in [3.8, 4) is 0 Å². The van der Waals surface area contributed by atoms with Crippen LogP contribution in [0.1, 0.15) is 39.2 Å². The van der Waals surface area contributed by atoms with Gasteiger partial charge in [0.15, 0.2) is 0 Å². The van der Waals surface area contributed by atoms with Crippen LogP contribution in [0.25, 0.3) is 0 Å². The van der Waals surface area contributed by atoms with E-state index >= 15 is 0 Å². The standard InChI is InChI=1S/C20H32N4O5/c1-20(2,3)29-19(26)21-11-12-27-24-18(25)17-10-9-16(13-22-17)23-28-14-15-7-5-4-6-8-15/h4-8,16-17,22-23H,9-14H2,1-3H3,(H,21,26)(H,24,25)/t16-,17?/m1/s1. The molecule has 0 spiro atoms. The number of hydrogen-bond acceptors (Lipinski definition) is 7. The molecule has 162 valence electrons. The van der Waals surface area contributed by atoms with Crippen molar-refractivity contribution in [1.29, 1.82) is 0 Å². The second-order valence-corrected chi connectivity index (χ2v) is 7.87. The van der Waals surface area contributed by atoms with Crippen molar-refractivity contribution in [1.82, 2.24) is 21.6 Å². The van der Waals surface area contributed by atoms with Crippen LogP contribution >= 0.6 is 0 Å². The highest BCUT2D eigenvalue weighted by Crippen LogP contribution is 2.09. The predicted octanol–water partition coefficient (Wildman–Crippen LogP) is 1.40. The molecule has 0 bridgehead atoms. The minimum Gasteiger partial charge on any atom is -0.444 e. The monoisotopic (exact) mass is 408 g/mol. The van der Waals surface area contributed by atoms with E-state index in [1.807, 2.05) is 30.3 Å². The lowest BCUT2D eigenvalue weighted by atomic mass is 10.0. The van der Waals surface area contributed by atoms with Crippen LogP contribution in [-0.2, 0) is 25.8 Å². The first-order chi connectivity index (χ1) is 13.8. The molecular weight excluding hydrogens is 376 g/mol. The summed E-state index contributed by atoms with van der Waals surface area (Å²) in [4.78, 5) is 34.3. The number of piperidine rings is 1. The highest BCUT2D eigenvalue weighted by atomic mass is 16.7. The number of carbonyl (C=O) groups is 2. The van der Waals surface area contributed by atoms with Gasteiger partial charge in [-0.3, -0.25) is 14.5 Å². The first kappa shape index (κ1) is 23.1. The van der Waals surface area contributed by atoms with Crippen molar-refractivity contribution < 1.29 is 24.0 Å². The van der Waals surface area contributed by atoms with Gasteiger partial charge in [0.25, 0.3) is 5.91 Å². The molecule has 0 radical (unpaired) electrons. The van der Waals surface area contributed by atoms with Gasteiger partial charge in [-0.25, -0.2) is 10.3 Å². The number of ether oxygens (including phenoxy) is 1. The zero-order valence-electron chi connectivity index (χ0n) is 17.3. The maximum absolute atomic E-state index is 12.1. The molecular formula is C20H32N4O5. The van der Waals surface area contributed by atoms with Crippen LogP contribution in [0.2, 0.25) is 0 Å². The van der Waals surface area contributed by atoms with Crippen LogP contribution < -0.4 is 21.6 Å². The van der Waals surface area contributed by atoms with E-state index in [9.17, 15) is 9.59 Å². The van der Waals surface area contributed by atoms with E-state index in [0.717, 1.165) is 12.0 Å². The van der Waals surface area contributed by atoms with Gasteiger partial charge in [-0.2, -0.15) is 5.48 Å². The zero-order chi connectivity index (χ0) is 21.1. The van der Waals surface area contributed by atoms with Gasteiger partial charge in [-0.05, 0) is 39.2 Å². The molecule has 2 amide bonds. The fourth-order valence-corrected chi connectivity index (χ4v) is 2.71. The summed E-state index contributed by atoms with van der Waals surface area (Å²) in [5.41, 5.74) is 5.99. The maximum Gasteiger partial charge on any atom is 0.407 e. The van der Waals surface area contributed by atoms with Crippen molar-refractivity contribution in [2.45, 2.75) is 57.9 Å². The molecule has 1 aromatic carbocycles. The topological polar surface area (TPSA) is 110 Å². The summed E-state index contributed by atoms with van der Waals surface area (Å²) in [6.07, 6.45) is 0.951. The van der Waals surface area contributed by atoms with E-state index < -0.39 is 11.7 Å². The predicted molar refractivity (Wildman–Crippen MR) is 108 cm³/mol. The Kier molecular flexibility index (Phi) is 9.33. The summed E-state index contributed by atoms with van der Waals surface area (Å²) in [5, 5.41) is 5.73. The van der Waals surface area contributed by atoms with E-state index in [1.54, 1.807) is 20.8 Å². The smallest absolute Gasteiger partial charge is 0.407 e. The van der Waals surface area contributed by atoms with Crippen molar-refractivity contribution in [2.75, 3.05) is 19.7 Å². The van der Waals surface area contributed by atoms with Crippen LogP contribution in [0.4, 0.5) is 4.79 Å². The Morgan fingerprint density at radius 3 is 2.55 bits per heavy atom. The third-order valence-corrected chi connectivity index (χ3v) is 4.11. The van der Waals surface area contributed by atoms with E-state index in [4.69, 9.17) is 14.4 Å². The lowest BCUT2D eigenvalue weighted by Gasteiger charge is -2.29. The quantitative estimate of drug-likeness (QED) is 0.361. The van der Waals surface area contributed by atoms with E-state index in [-0.39, 0.29) is 31.1 Å². The first-order valence-corrected chi connectivity index (χ1v) is 9.86. The van der Waals surface area contributed by atoms with E-state index in [2.05, 4.69) is 21.6 Å². The third kappa shape index (κ3) is 9.71. The Balaban J connectivity index is 1.51. The van der Waals surface area contributed by atoms with Gasteiger partial charge >= 0.3 is 6.09 Å². The lowest BCUT2D eigenvalue weighted by molar-refractivity contribution is -0.136. The lowest BCUT2D eigenvalue weighted by Crippen LogP contribution is -2.53. The minimum atomic E-state index is -0.550. The molecule has 2 atom stereocenters. The molecule has 1 aliphatic rings. The summed E-state index contributed by atoms with van der Waals surface area (Å²) < 4.78 is 5.10. The van der Waals surface area contributed by atoms with Gasteiger partial charge in [0.05, 0.1) is 19.3 Å². The largest absolute Gasteiger partial charge is 0.444 e. The van der Waals surface area contributed by atoms with Crippen molar-refractivity contribution >= 4 is 12.0 Å². The molecule has 0 saturated carbocycles. The summed E-state index contributed by atoms with van der Waals surface area (Å²) in [6.45, 7) is 6.86. The summed E-state index contributed by atoms with van der Waals surface area (Å²) in [7, 11) is 0. The fraction of sp³-hybridized carbons (Fsp3) is 0.600. The first-order valence-electron chi connectivity index (χ1n) is 9.86. The molecule has 29 heavy (non-hydrogen) atoms. The minimum absolute atomic E-state index is 0.140. The highest BCUT2D eigenvalue weighted by Gasteiger charge is 2.26. The SMILES string of the molecule is CC(C)(C)OC(=O)NCCONC(=O)C1CC[C@@H](NOCc2ccccc2)CN1. The molecule has 9 nitrogen and oxygen atoms in total.